The lowest BCUT2D eigenvalue weighted by Crippen LogP contribution is -2.17. The maximum Gasteiger partial charge on any atom is 0.164 e. The minimum absolute atomic E-state index is 0.375. The van der Waals surface area contributed by atoms with Crippen molar-refractivity contribution in [3.8, 4) is 95.5 Å². The van der Waals surface area contributed by atoms with Crippen molar-refractivity contribution in [1.29, 1.82) is 0 Å². The lowest BCUT2D eigenvalue weighted by Gasteiger charge is -2.25. The van der Waals surface area contributed by atoms with Crippen LogP contribution in [0.3, 0.4) is 0 Å². The predicted octanol–water partition coefficient (Wildman–Crippen LogP) is 16.4. The van der Waals surface area contributed by atoms with Crippen LogP contribution in [0.15, 0.2) is 218 Å². The highest BCUT2D eigenvalue weighted by Gasteiger charge is 2.43. The van der Waals surface area contributed by atoms with Gasteiger partial charge >= 0.3 is 0 Å². The minimum Gasteiger partial charge on any atom is -0.308 e. The molecule has 10 aromatic carbocycles. The molecule has 2 aliphatic rings. The molecule has 0 unspecified atom stereocenters. The molecule has 1 aliphatic carbocycles. The Labute approximate surface area is 394 Å². The zero-order chi connectivity index (χ0) is 45.1. The van der Waals surface area contributed by atoms with Gasteiger partial charge in [0.2, 0.25) is 0 Å². The zero-order valence-corrected chi connectivity index (χ0v) is 37.6. The van der Waals surface area contributed by atoms with Gasteiger partial charge in [-0.05, 0) is 109 Å². The van der Waals surface area contributed by atoms with Crippen LogP contribution < -0.4 is 0 Å². The monoisotopic (exact) mass is 866 g/mol. The van der Waals surface area contributed by atoms with E-state index in [-0.39, 0.29) is 5.41 Å². The number of benzene rings is 10. The second-order valence-corrected chi connectivity index (χ2v) is 18.8. The summed E-state index contributed by atoms with van der Waals surface area (Å²) in [7, 11) is 0. The Kier molecular flexibility index (Phi) is 8.29. The first kappa shape index (κ1) is 38.5. The molecule has 0 saturated heterocycles. The third kappa shape index (κ3) is 5.77. The highest BCUT2D eigenvalue weighted by Crippen LogP contribution is 2.60. The van der Waals surface area contributed by atoms with Crippen molar-refractivity contribution in [2.24, 2.45) is 0 Å². The number of hydrogen-bond donors (Lipinski definition) is 0. The van der Waals surface area contributed by atoms with Gasteiger partial charge in [-0.2, -0.15) is 0 Å². The van der Waals surface area contributed by atoms with E-state index in [9.17, 15) is 0 Å². The number of para-hydroxylation sites is 2. The fourth-order valence-electron chi connectivity index (χ4n) is 11.3. The summed E-state index contributed by atoms with van der Waals surface area (Å²) in [5.41, 5.74) is 20.5. The molecule has 318 valence electrons. The van der Waals surface area contributed by atoms with E-state index >= 15 is 0 Å². The van der Waals surface area contributed by atoms with E-state index in [0.717, 1.165) is 44.5 Å². The molecule has 0 saturated carbocycles. The van der Waals surface area contributed by atoms with Crippen molar-refractivity contribution in [2.75, 3.05) is 0 Å². The van der Waals surface area contributed by atoms with Crippen LogP contribution in [0.25, 0.3) is 128 Å². The van der Waals surface area contributed by atoms with E-state index in [2.05, 4.69) is 237 Å². The minimum atomic E-state index is -0.375. The van der Waals surface area contributed by atoms with Gasteiger partial charge in [0.05, 0.1) is 16.7 Å². The molecule has 12 aromatic rings. The molecule has 0 amide bonds. The number of hydrogen-bond acceptors (Lipinski definition) is 3. The third-order valence-corrected chi connectivity index (χ3v) is 14.5. The number of fused-ring (bicyclic) bond motifs is 7. The summed E-state index contributed by atoms with van der Waals surface area (Å²) >= 11 is 0. The molecule has 0 atom stereocenters. The summed E-state index contributed by atoms with van der Waals surface area (Å²) in [4.78, 5) is 16.6. The van der Waals surface area contributed by atoms with Crippen LogP contribution in [0, 0.1) is 0 Å². The van der Waals surface area contributed by atoms with Crippen molar-refractivity contribution in [1.82, 2.24) is 19.5 Å². The van der Waals surface area contributed by atoms with E-state index in [4.69, 9.17) is 15.0 Å². The average molecular weight is 867 g/mol. The van der Waals surface area contributed by atoms with Crippen LogP contribution >= 0.6 is 0 Å². The van der Waals surface area contributed by atoms with Gasteiger partial charge in [-0.3, -0.25) is 0 Å². The highest BCUT2D eigenvalue weighted by atomic mass is 15.0. The van der Waals surface area contributed by atoms with Crippen LogP contribution in [-0.2, 0) is 5.41 Å². The quantitative estimate of drug-likeness (QED) is 0.167. The Balaban J connectivity index is 1.05. The molecule has 0 radical (unpaired) electrons. The van der Waals surface area contributed by atoms with Crippen LogP contribution in [-0.4, -0.2) is 19.5 Å². The molecule has 14 rings (SSSR count). The maximum absolute atomic E-state index is 5.61. The molecular weight excluding hydrogens is 825 g/mol. The second kappa shape index (κ2) is 14.6. The SMILES string of the molecule is CC1(C)c2cccc3c2-c2c1c(-c1nc(-c4ccc(-c5ccc6ccccc6c5)cc4)nc(-c4cc(-c5ccccc5)cc(-c5ccccc5)c4)n1)cc1c4ccccc4n(c21)-c1ccccc1-3. The number of rotatable bonds is 6. The van der Waals surface area contributed by atoms with E-state index in [1.54, 1.807) is 0 Å². The van der Waals surface area contributed by atoms with Crippen molar-refractivity contribution in [3.63, 3.8) is 0 Å². The average Bonchev–Trinajstić information content (AvgIpc) is 3.81. The van der Waals surface area contributed by atoms with Crippen LogP contribution in [0.5, 0.6) is 0 Å². The Hall–Kier alpha value is -8.73. The highest BCUT2D eigenvalue weighted by molar-refractivity contribution is 6.20. The molecule has 0 spiro atoms. The van der Waals surface area contributed by atoms with Gasteiger partial charge in [0, 0.05) is 44.0 Å². The second-order valence-electron chi connectivity index (χ2n) is 18.8. The van der Waals surface area contributed by atoms with Gasteiger partial charge in [0.1, 0.15) is 0 Å². The van der Waals surface area contributed by atoms with Gasteiger partial charge in [-0.25, -0.2) is 15.0 Å². The summed E-state index contributed by atoms with van der Waals surface area (Å²) < 4.78 is 2.51. The Bertz CT molecular complexity index is 3970. The first-order valence-electron chi connectivity index (χ1n) is 23.4. The van der Waals surface area contributed by atoms with Gasteiger partial charge < -0.3 is 4.57 Å². The Morgan fingerprint density at radius 1 is 0.353 bits per heavy atom. The number of aromatic nitrogens is 4. The molecule has 0 N–H and O–H groups in total. The van der Waals surface area contributed by atoms with Crippen LogP contribution in [0.4, 0.5) is 0 Å². The first-order valence-corrected chi connectivity index (χ1v) is 23.4. The summed E-state index contributed by atoms with van der Waals surface area (Å²) in [6.07, 6.45) is 0. The Morgan fingerprint density at radius 3 is 1.69 bits per heavy atom. The van der Waals surface area contributed by atoms with E-state index in [1.807, 2.05) is 0 Å². The lowest BCUT2D eigenvalue weighted by atomic mass is 9.79. The summed E-state index contributed by atoms with van der Waals surface area (Å²) in [5.74, 6) is 1.91. The fourth-order valence-corrected chi connectivity index (χ4v) is 11.3. The van der Waals surface area contributed by atoms with Crippen molar-refractivity contribution in [3.05, 3.63) is 230 Å². The summed E-state index contributed by atoms with van der Waals surface area (Å²) in [5, 5.41) is 4.84. The summed E-state index contributed by atoms with van der Waals surface area (Å²) in [6.45, 7) is 4.75. The van der Waals surface area contributed by atoms with Gasteiger partial charge in [0.25, 0.3) is 0 Å². The fraction of sp³-hybridized carbons (Fsp3) is 0.0469. The molecule has 3 heterocycles. The third-order valence-electron chi connectivity index (χ3n) is 14.5. The van der Waals surface area contributed by atoms with Gasteiger partial charge in [0.15, 0.2) is 17.5 Å². The van der Waals surface area contributed by atoms with Crippen LogP contribution in [0.2, 0.25) is 0 Å². The van der Waals surface area contributed by atoms with Crippen LogP contribution in [0.1, 0.15) is 25.0 Å². The lowest BCUT2D eigenvalue weighted by molar-refractivity contribution is 0.661. The van der Waals surface area contributed by atoms with E-state index < -0.39 is 0 Å². The van der Waals surface area contributed by atoms with Gasteiger partial charge in [-0.1, -0.05) is 190 Å². The molecule has 1 aliphatic heterocycles. The van der Waals surface area contributed by atoms with Crippen molar-refractivity contribution < 1.29 is 0 Å². The Morgan fingerprint density at radius 2 is 0.926 bits per heavy atom. The van der Waals surface area contributed by atoms with Crippen molar-refractivity contribution in [2.45, 2.75) is 19.3 Å². The van der Waals surface area contributed by atoms with Gasteiger partial charge in [-0.15, -0.1) is 0 Å². The van der Waals surface area contributed by atoms with E-state index in [0.29, 0.717) is 17.5 Å². The number of nitrogens with zero attached hydrogens (tertiary/aromatic N) is 4. The molecule has 4 nitrogen and oxygen atoms in total. The normalized spacial score (nSPS) is 13.0. The van der Waals surface area contributed by atoms with Crippen molar-refractivity contribution >= 4 is 32.6 Å². The van der Waals surface area contributed by atoms with E-state index in [1.165, 1.54) is 77.2 Å². The predicted molar refractivity (Wildman–Crippen MR) is 281 cm³/mol. The standard InChI is InChI=1S/C64H42N4/c1-64(2)54-25-15-24-51-49-22-11-13-26-55(49)68-56-27-14-12-23-50(56)52-38-53(59(64)58(57(51)54)60(52)68)63-66-61(43-31-28-42(29-32-43)45-33-30-41-20-9-10-21-44(41)34-45)65-62(67-63)48-36-46(39-16-5-3-6-17-39)35-47(37-48)40-18-7-4-8-19-40/h3-38H,1-2H3. The smallest absolute Gasteiger partial charge is 0.164 e. The zero-order valence-electron chi connectivity index (χ0n) is 37.6. The maximum atomic E-state index is 5.61. The first-order chi connectivity index (χ1) is 33.5. The molecule has 0 fully saturated rings. The molecular formula is C64H42N4. The molecule has 68 heavy (non-hydrogen) atoms. The summed E-state index contributed by atoms with van der Waals surface area (Å²) in [6, 6.07) is 78.8. The topological polar surface area (TPSA) is 43.6 Å². The largest absolute Gasteiger partial charge is 0.308 e. The molecule has 2 aromatic heterocycles. The molecule has 0 bridgehead atoms. The molecule has 4 heteroatoms.